The van der Waals surface area contributed by atoms with Crippen LogP contribution in [0.1, 0.15) is 33.3 Å². The molecule has 2 rings (SSSR count). The third-order valence-electron chi connectivity index (χ3n) is 4.75. The van der Waals surface area contributed by atoms with Crippen LogP contribution in [0.4, 0.5) is 17.6 Å². The molecule has 0 saturated heterocycles. The van der Waals surface area contributed by atoms with Crippen LogP contribution in [0.25, 0.3) is 5.57 Å². The predicted molar refractivity (Wildman–Crippen MR) is 113 cm³/mol. The summed E-state index contributed by atoms with van der Waals surface area (Å²) in [6.07, 6.45) is -0.794. The van der Waals surface area contributed by atoms with Crippen molar-refractivity contribution in [2.45, 2.75) is 34.0 Å². The molecule has 0 aliphatic carbocycles. The van der Waals surface area contributed by atoms with Crippen LogP contribution in [0.15, 0.2) is 65.1 Å². The van der Waals surface area contributed by atoms with E-state index in [1.54, 1.807) is 26.0 Å². The Kier molecular flexibility index (Phi) is 7.59. The van der Waals surface area contributed by atoms with Gasteiger partial charge in [-0.3, -0.25) is 0 Å². The first-order valence-electron chi connectivity index (χ1n) is 9.53. The molecule has 0 bridgehead atoms. The van der Waals surface area contributed by atoms with Crippen molar-refractivity contribution < 1.29 is 17.6 Å². The second kappa shape index (κ2) is 9.73. The van der Waals surface area contributed by atoms with Gasteiger partial charge < -0.3 is 5.32 Å². The molecule has 8 heteroatoms. The number of nitrogens with one attached hydrogen (secondary N) is 1. The lowest BCUT2D eigenvalue weighted by atomic mass is 10.1. The van der Waals surface area contributed by atoms with Gasteiger partial charge >= 0.3 is 6.30 Å². The quantitative estimate of drug-likeness (QED) is 0.346. The minimum Gasteiger partial charge on any atom is -0.390 e. The van der Waals surface area contributed by atoms with Gasteiger partial charge in [-0.05, 0) is 43.7 Å². The fourth-order valence-corrected chi connectivity index (χ4v) is 2.68. The largest absolute Gasteiger partial charge is 0.489 e. The normalized spacial score (nSPS) is 19.5. The van der Waals surface area contributed by atoms with Gasteiger partial charge in [0.1, 0.15) is 11.7 Å². The van der Waals surface area contributed by atoms with Gasteiger partial charge in [-0.25, -0.2) is 19.3 Å². The molecule has 1 heterocycles. The van der Waals surface area contributed by atoms with Gasteiger partial charge in [0.2, 0.25) is 0 Å². The lowest BCUT2D eigenvalue weighted by Gasteiger charge is -2.23. The van der Waals surface area contributed by atoms with Crippen LogP contribution in [0.2, 0.25) is 0 Å². The summed E-state index contributed by atoms with van der Waals surface area (Å²) in [6, 6.07) is 5.68. The molecule has 0 saturated carbocycles. The third kappa shape index (κ3) is 5.81. The predicted octanol–water partition coefficient (Wildman–Crippen LogP) is 5.73. The number of amidine groups is 1. The lowest BCUT2D eigenvalue weighted by molar-refractivity contribution is -0.201. The third-order valence-corrected chi connectivity index (χ3v) is 4.75. The molecule has 1 N–H and O–H groups in total. The maximum Gasteiger partial charge on any atom is 0.489 e. The van der Waals surface area contributed by atoms with Crippen molar-refractivity contribution in [3.8, 4) is 0 Å². The zero-order valence-corrected chi connectivity index (χ0v) is 17.5. The summed E-state index contributed by atoms with van der Waals surface area (Å²) in [4.78, 5) is 9.08. The van der Waals surface area contributed by atoms with Crippen LogP contribution < -0.4 is 5.32 Å². The topological polar surface area (TPSA) is 40.0 Å². The molecule has 162 valence electrons. The Morgan fingerprint density at radius 2 is 1.87 bits per heavy atom. The number of hydrogen-bond acceptors (Lipinski definition) is 3. The van der Waals surface area contributed by atoms with Crippen molar-refractivity contribution >= 4 is 17.1 Å². The van der Waals surface area contributed by atoms with Crippen molar-refractivity contribution in [3.05, 3.63) is 66.5 Å². The molecule has 0 radical (unpaired) electrons. The number of hydrogen-bond donors (Lipinski definition) is 1. The van der Waals surface area contributed by atoms with Crippen LogP contribution in [-0.2, 0) is 0 Å². The van der Waals surface area contributed by atoms with Crippen molar-refractivity contribution in [3.63, 3.8) is 0 Å². The molecular weight excluding hydrogens is 396 g/mol. The van der Waals surface area contributed by atoms with E-state index in [2.05, 4.69) is 21.9 Å². The van der Waals surface area contributed by atoms with E-state index in [0.29, 0.717) is 11.1 Å². The Morgan fingerprint density at radius 3 is 2.40 bits per heavy atom. The van der Waals surface area contributed by atoms with E-state index < -0.39 is 18.0 Å². The van der Waals surface area contributed by atoms with Gasteiger partial charge in [-0.1, -0.05) is 38.6 Å². The van der Waals surface area contributed by atoms with Gasteiger partial charge in [0.15, 0.2) is 5.82 Å². The summed E-state index contributed by atoms with van der Waals surface area (Å²) in [7, 11) is 0. The van der Waals surface area contributed by atoms with E-state index in [9.17, 15) is 17.6 Å². The standard InChI is InChI=1S/C22H26F4N4/c1-6-27-13-18-11-12-30(22(24,25)26)21(18)29-20(28-16(5)14(2)3)15(4)17-7-9-19(23)10-8-17/h6-12,14,18,27H,1,13H2,2-5H3/b20-15-,28-16?,29-21?. The number of aliphatic imine (C=N–C) groups is 2. The Labute approximate surface area is 174 Å². The first kappa shape index (κ1) is 23.4. The summed E-state index contributed by atoms with van der Waals surface area (Å²) in [5, 5.41) is 2.84. The average Bonchev–Trinajstić information content (AvgIpc) is 3.08. The summed E-state index contributed by atoms with van der Waals surface area (Å²) in [6.45, 7) is 11.1. The van der Waals surface area contributed by atoms with Crippen LogP contribution in [0, 0.1) is 17.7 Å². The fraction of sp³-hybridized carbons (Fsp3) is 0.364. The fourth-order valence-electron chi connectivity index (χ4n) is 2.68. The monoisotopic (exact) mass is 422 g/mol. The van der Waals surface area contributed by atoms with E-state index in [4.69, 9.17) is 0 Å². The summed E-state index contributed by atoms with van der Waals surface area (Å²) in [5.41, 5.74) is 1.90. The molecule has 1 aromatic rings. The summed E-state index contributed by atoms with van der Waals surface area (Å²) in [5.74, 6) is -0.965. The molecule has 0 aromatic heterocycles. The number of alkyl halides is 3. The molecule has 1 atom stereocenters. The SMILES string of the molecule is C=CNCC1C=CN(C(F)(F)F)C1=N/C(N=C(C)C(C)C)=C(/C)c1ccc(F)cc1. The first-order valence-corrected chi connectivity index (χ1v) is 9.53. The van der Waals surface area contributed by atoms with E-state index >= 15 is 0 Å². The molecule has 1 aliphatic heterocycles. The molecule has 0 spiro atoms. The minimum atomic E-state index is -4.62. The molecule has 0 amide bonds. The molecule has 1 aliphatic rings. The highest BCUT2D eigenvalue weighted by Crippen LogP contribution is 2.31. The zero-order valence-electron chi connectivity index (χ0n) is 17.5. The van der Waals surface area contributed by atoms with Crippen molar-refractivity contribution in [1.29, 1.82) is 0 Å². The Bertz CT molecular complexity index is 877. The van der Waals surface area contributed by atoms with Gasteiger partial charge in [-0.2, -0.15) is 0 Å². The van der Waals surface area contributed by atoms with Gasteiger partial charge in [0.05, 0.1) is 5.92 Å². The van der Waals surface area contributed by atoms with Crippen LogP contribution in [0.5, 0.6) is 0 Å². The molecule has 1 aromatic carbocycles. The van der Waals surface area contributed by atoms with Crippen LogP contribution in [-0.4, -0.2) is 29.3 Å². The maximum atomic E-state index is 13.6. The summed E-state index contributed by atoms with van der Waals surface area (Å²) >= 11 is 0. The molecular formula is C22H26F4N4. The van der Waals surface area contributed by atoms with Crippen molar-refractivity contribution in [1.82, 2.24) is 10.2 Å². The molecule has 4 nitrogen and oxygen atoms in total. The highest BCUT2D eigenvalue weighted by molar-refractivity contribution is 5.92. The highest BCUT2D eigenvalue weighted by atomic mass is 19.4. The Balaban J connectivity index is 2.64. The maximum absolute atomic E-state index is 13.6. The second-order valence-electron chi connectivity index (χ2n) is 7.23. The second-order valence-corrected chi connectivity index (χ2v) is 7.23. The van der Waals surface area contributed by atoms with E-state index in [0.717, 1.165) is 11.9 Å². The zero-order chi connectivity index (χ0) is 22.5. The Hall–Kier alpha value is -2.90. The van der Waals surface area contributed by atoms with E-state index in [-0.39, 0.29) is 29.0 Å². The minimum absolute atomic E-state index is 0.0832. The first-order chi connectivity index (χ1) is 14.0. The van der Waals surface area contributed by atoms with Crippen LogP contribution >= 0.6 is 0 Å². The number of halogens is 4. The molecule has 1 unspecified atom stereocenters. The highest BCUT2D eigenvalue weighted by Gasteiger charge is 2.43. The van der Waals surface area contributed by atoms with Crippen LogP contribution in [0.3, 0.4) is 0 Å². The van der Waals surface area contributed by atoms with E-state index in [1.807, 2.05) is 13.8 Å². The van der Waals surface area contributed by atoms with Gasteiger partial charge in [0, 0.05) is 24.0 Å². The van der Waals surface area contributed by atoms with Gasteiger partial charge in [0.25, 0.3) is 0 Å². The lowest BCUT2D eigenvalue weighted by Crippen LogP contribution is -2.40. The number of allylic oxidation sites excluding steroid dienone is 1. The van der Waals surface area contributed by atoms with Crippen molar-refractivity contribution in [2.75, 3.05) is 6.54 Å². The average molecular weight is 422 g/mol. The van der Waals surface area contributed by atoms with E-state index in [1.165, 1.54) is 24.4 Å². The Morgan fingerprint density at radius 1 is 1.23 bits per heavy atom. The molecule has 30 heavy (non-hydrogen) atoms. The molecule has 0 fully saturated rings. The van der Waals surface area contributed by atoms with Gasteiger partial charge in [-0.15, -0.1) is 13.2 Å². The number of benzene rings is 1. The smallest absolute Gasteiger partial charge is 0.390 e. The summed E-state index contributed by atoms with van der Waals surface area (Å²) < 4.78 is 54.0. The number of rotatable bonds is 7. The number of nitrogens with zero attached hydrogens (tertiary/aromatic N) is 3. The van der Waals surface area contributed by atoms with Crippen molar-refractivity contribution in [2.24, 2.45) is 21.8 Å².